The molecule has 112 valence electrons. The maximum atomic E-state index is 12.5. The number of thiocarbonyl (C=S) groups is 1. The van der Waals surface area contributed by atoms with E-state index in [1.807, 2.05) is 0 Å². The third-order valence-corrected chi connectivity index (χ3v) is 3.36. The fourth-order valence-corrected chi connectivity index (χ4v) is 2.40. The van der Waals surface area contributed by atoms with Crippen LogP contribution in [0.4, 0.5) is 5.82 Å². The fourth-order valence-electron chi connectivity index (χ4n) is 2.04. The lowest BCUT2D eigenvalue weighted by Crippen LogP contribution is -2.35. The van der Waals surface area contributed by atoms with Crippen molar-refractivity contribution < 1.29 is 14.6 Å². The van der Waals surface area contributed by atoms with Gasteiger partial charge in [0, 0.05) is 12.7 Å². The third kappa shape index (κ3) is 3.26. The van der Waals surface area contributed by atoms with Crippen LogP contribution in [0, 0.1) is 0 Å². The summed E-state index contributed by atoms with van der Waals surface area (Å²) in [5, 5.41) is 9.48. The van der Waals surface area contributed by atoms with E-state index in [0.29, 0.717) is 23.2 Å². The molecule has 1 saturated heterocycles. The molecule has 6 nitrogen and oxygen atoms in total. The zero-order valence-electron chi connectivity index (χ0n) is 11.9. The van der Waals surface area contributed by atoms with Gasteiger partial charge < -0.3 is 14.7 Å². The predicted octanol–water partition coefficient (Wildman–Crippen LogP) is 1.27. The summed E-state index contributed by atoms with van der Waals surface area (Å²) < 4.78 is 5.10. The number of ether oxygens (including phenoxy) is 1. The molecule has 0 aliphatic carbocycles. The summed E-state index contributed by atoms with van der Waals surface area (Å²) in [7, 11) is 0. The Hall–Kier alpha value is -1.83. The number of carbonyl (C=O) groups excluding carboxylic acids is 1. The first kappa shape index (κ1) is 15.6. The van der Waals surface area contributed by atoms with Crippen molar-refractivity contribution >= 4 is 29.1 Å². The van der Waals surface area contributed by atoms with Crippen LogP contribution in [-0.2, 0) is 9.53 Å². The second-order valence-electron chi connectivity index (χ2n) is 4.41. The van der Waals surface area contributed by atoms with Crippen LogP contribution < -0.4 is 4.90 Å². The van der Waals surface area contributed by atoms with E-state index in [0.717, 1.165) is 0 Å². The van der Waals surface area contributed by atoms with Crippen molar-refractivity contribution in [3.63, 3.8) is 0 Å². The zero-order chi connectivity index (χ0) is 15.4. The molecular formula is C14H17N3O3S. The molecule has 0 saturated carbocycles. The molecule has 2 heterocycles. The van der Waals surface area contributed by atoms with E-state index >= 15 is 0 Å². The van der Waals surface area contributed by atoms with Gasteiger partial charge in [-0.1, -0.05) is 12.1 Å². The first-order chi connectivity index (χ1) is 10.1. The van der Waals surface area contributed by atoms with Crippen LogP contribution >= 0.6 is 12.2 Å². The minimum atomic E-state index is -0.849. The highest BCUT2D eigenvalue weighted by atomic mass is 32.1. The zero-order valence-corrected chi connectivity index (χ0v) is 12.7. The smallest absolute Gasteiger partial charge is 0.282 e. The van der Waals surface area contributed by atoms with Crippen molar-refractivity contribution in [3.8, 4) is 0 Å². The molecule has 1 fully saturated rings. The number of hydrogen-bond acceptors (Lipinski definition) is 5. The molecule has 1 atom stereocenters. The van der Waals surface area contributed by atoms with Crippen LogP contribution in [0.1, 0.15) is 13.8 Å². The lowest BCUT2D eigenvalue weighted by molar-refractivity contribution is -0.114. The van der Waals surface area contributed by atoms with E-state index < -0.39 is 6.29 Å². The number of aromatic nitrogens is 1. The monoisotopic (exact) mass is 307 g/mol. The number of allylic oxidation sites excluding steroid dienone is 1. The Morgan fingerprint density at radius 1 is 1.52 bits per heavy atom. The largest absolute Gasteiger partial charge is 0.368 e. The van der Waals surface area contributed by atoms with Gasteiger partial charge in [-0.25, -0.2) is 9.88 Å². The highest BCUT2D eigenvalue weighted by Gasteiger charge is 2.38. The number of hydrogen-bond donors (Lipinski definition) is 1. The summed E-state index contributed by atoms with van der Waals surface area (Å²) in [5.74, 6) is 0.282. The molecule has 1 N–H and O–H groups in total. The van der Waals surface area contributed by atoms with Gasteiger partial charge in [-0.05, 0) is 38.2 Å². The molecule has 1 unspecified atom stereocenters. The van der Waals surface area contributed by atoms with Crippen molar-refractivity contribution in [2.75, 3.05) is 18.1 Å². The van der Waals surface area contributed by atoms with Crippen molar-refractivity contribution in [2.24, 2.45) is 0 Å². The normalized spacial score (nSPS) is 18.7. The summed E-state index contributed by atoms with van der Waals surface area (Å²) in [6, 6.07) is 5.30. The number of aliphatic hydroxyl groups excluding tert-OH is 1. The van der Waals surface area contributed by atoms with Gasteiger partial charge in [0.15, 0.2) is 11.4 Å². The van der Waals surface area contributed by atoms with Gasteiger partial charge in [-0.3, -0.25) is 4.79 Å². The molecule has 1 aromatic rings. The van der Waals surface area contributed by atoms with Crippen molar-refractivity contribution in [1.29, 1.82) is 0 Å². The Morgan fingerprint density at radius 2 is 2.29 bits per heavy atom. The minimum absolute atomic E-state index is 0.210. The molecule has 0 spiro atoms. The Labute approximate surface area is 128 Å². The number of nitrogens with zero attached hydrogens (tertiary/aromatic N) is 3. The summed E-state index contributed by atoms with van der Waals surface area (Å²) in [4.78, 5) is 19.7. The molecule has 0 bridgehead atoms. The van der Waals surface area contributed by atoms with Gasteiger partial charge in [0.1, 0.15) is 11.5 Å². The van der Waals surface area contributed by atoms with Gasteiger partial charge in [0.2, 0.25) is 0 Å². The quantitative estimate of drug-likeness (QED) is 0.502. The number of carbonyl (C=O) groups is 1. The summed E-state index contributed by atoms with van der Waals surface area (Å²) in [6.07, 6.45) is 2.47. The maximum Gasteiger partial charge on any atom is 0.282 e. The number of rotatable bonds is 5. The summed E-state index contributed by atoms with van der Waals surface area (Å²) in [6.45, 7) is 3.96. The SMILES string of the molecule is CC=C1C(=O)N(c2ccccn2)C(=S)N1CCOC(C)O. The third-order valence-electron chi connectivity index (χ3n) is 2.96. The Kier molecular flexibility index (Phi) is 5.00. The van der Waals surface area contributed by atoms with Crippen LogP contribution in [0.25, 0.3) is 0 Å². The molecule has 0 radical (unpaired) electrons. The molecule has 7 heteroatoms. The molecular weight excluding hydrogens is 290 g/mol. The van der Waals surface area contributed by atoms with E-state index in [-0.39, 0.29) is 12.5 Å². The fraction of sp³-hybridized carbons (Fsp3) is 0.357. The predicted molar refractivity (Wildman–Crippen MR) is 82.4 cm³/mol. The van der Waals surface area contributed by atoms with Crippen LogP contribution in [0.15, 0.2) is 36.2 Å². The van der Waals surface area contributed by atoms with Crippen molar-refractivity contribution in [3.05, 3.63) is 36.2 Å². The van der Waals surface area contributed by atoms with Crippen molar-refractivity contribution in [2.45, 2.75) is 20.1 Å². The average Bonchev–Trinajstić information content (AvgIpc) is 2.70. The first-order valence-electron chi connectivity index (χ1n) is 6.59. The van der Waals surface area contributed by atoms with E-state index in [1.54, 1.807) is 42.3 Å². The Bertz CT molecular complexity index is 560. The number of aliphatic hydroxyl groups is 1. The van der Waals surface area contributed by atoms with Crippen LogP contribution in [0.5, 0.6) is 0 Å². The summed E-state index contributed by atoms with van der Waals surface area (Å²) >= 11 is 5.38. The molecule has 0 aromatic carbocycles. The lowest BCUT2D eigenvalue weighted by Gasteiger charge is -2.20. The topological polar surface area (TPSA) is 65.9 Å². The Morgan fingerprint density at radius 3 is 2.86 bits per heavy atom. The Balaban J connectivity index is 2.20. The summed E-state index contributed by atoms with van der Waals surface area (Å²) in [5.41, 5.74) is 0.486. The van der Waals surface area contributed by atoms with E-state index in [9.17, 15) is 4.79 Å². The highest BCUT2D eigenvalue weighted by molar-refractivity contribution is 7.80. The van der Waals surface area contributed by atoms with Crippen molar-refractivity contribution in [1.82, 2.24) is 9.88 Å². The second-order valence-corrected chi connectivity index (χ2v) is 4.77. The van der Waals surface area contributed by atoms with Crippen LogP contribution in [-0.4, -0.2) is 45.5 Å². The van der Waals surface area contributed by atoms with Crippen LogP contribution in [0.2, 0.25) is 0 Å². The molecule has 2 rings (SSSR count). The maximum absolute atomic E-state index is 12.5. The molecule has 1 amide bonds. The molecule has 21 heavy (non-hydrogen) atoms. The van der Waals surface area contributed by atoms with E-state index in [1.165, 1.54) is 11.8 Å². The molecule has 1 aliphatic rings. The lowest BCUT2D eigenvalue weighted by atomic mass is 10.3. The van der Waals surface area contributed by atoms with Gasteiger partial charge in [-0.2, -0.15) is 0 Å². The first-order valence-corrected chi connectivity index (χ1v) is 7.00. The number of amides is 1. The average molecular weight is 307 g/mol. The van der Waals surface area contributed by atoms with Gasteiger partial charge >= 0.3 is 0 Å². The highest BCUT2D eigenvalue weighted by Crippen LogP contribution is 2.25. The standard InChI is InChI=1S/C14H17N3O3S/c1-3-11-13(19)17(12-6-4-5-7-15-12)14(21)16(11)8-9-20-10(2)18/h3-7,10,18H,8-9H2,1-2H3. The van der Waals surface area contributed by atoms with Gasteiger partial charge in [0.05, 0.1) is 6.61 Å². The molecule has 1 aromatic heterocycles. The minimum Gasteiger partial charge on any atom is -0.368 e. The van der Waals surface area contributed by atoms with Gasteiger partial charge in [0.25, 0.3) is 5.91 Å². The number of anilines is 1. The van der Waals surface area contributed by atoms with Gasteiger partial charge in [-0.15, -0.1) is 0 Å². The van der Waals surface area contributed by atoms with Crippen LogP contribution in [0.3, 0.4) is 0 Å². The van der Waals surface area contributed by atoms with E-state index in [4.69, 9.17) is 22.1 Å². The molecule has 1 aliphatic heterocycles. The second kappa shape index (κ2) is 6.75. The number of pyridine rings is 1. The van der Waals surface area contributed by atoms with E-state index in [2.05, 4.69) is 4.98 Å².